The molecule has 0 radical (unpaired) electrons. The van der Waals surface area contributed by atoms with Crippen LogP contribution < -0.4 is 9.62 Å². The van der Waals surface area contributed by atoms with Crippen LogP contribution in [0.3, 0.4) is 0 Å². The van der Waals surface area contributed by atoms with Gasteiger partial charge in [0.2, 0.25) is 10.0 Å². The lowest BCUT2D eigenvalue weighted by molar-refractivity contribution is 0.0905. The summed E-state index contributed by atoms with van der Waals surface area (Å²) in [4.78, 5) is 12.2. The van der Waals surface area contributed by atoms with E-state index in [-0.39, 0.29) is 18.5 Å². The number of ether oxygens (including phenoxy) is 1. The minimum atomic E-state index is -3.50. The number of amides is 1. The van der Waals surface area contributed by atoms with Crippen molar-refractivity contribution in [3.63, 3.8) is 0 Å². The van der Waals surface area contributed by atoms with Gasteiger partial charge < -0.3 is 10.1 Å². The average molecular weight is 411 g/mol. The average Bonchev–Trinajstić information content (AvgIpc) is 2.60. The van der Waals surface area contributed by atoms with Crippen LogP contribution in [0, 0.1) is 0 Å². The molecule has 27 heavy (non-hydrogen) atoms. The summed E-state index contributed by atoms with van der Waals surface area (Å²) in [6.45, 7) is 2.42. The number of sulfonamides is 1. The Hall–Kier alpha value is -2.09. The van der Waals surface area contributed by atoms with Crippen molar-refractivity contribution < 1.29 is 17.9 Å². The van der Waals surface area contributed by atoms with Gasteiger partial charge in [0.1, 0.15) is 0 Å². The van der Waals surface area contributed by atoms with Crippen LogP contribution in [0.25, 0.3) is 0 Å². The molecule has 0 saturated carbocycles. The van der Waals surface area contributed by atoms with Crippen LogP contribution in [0.5, 0.6) is 0 Å². The van der Waals surface area contributed by atoms with Gasteiger partial charge in [-0.2, -0.15) is 0 Å². The number of carbonyl (C=O) groups is 1. The molecule has 8 heteroatoms. The van der Waals surface area contributed by atoms with Gasteiger partial charge in [0.15, 0.2) is 0 Å². The predicted molar refractivity (Wildman–Crippen MR) is 108 cm³/mol. The van der Waals surface area contributed by atoms with Crippen LogP contribution in [0.1, 0.15) is 22.8 Å². The molecule has 0 aromatic heterocycles. The Morgan fingerprint density at radius 3 is 2.26 bits per heavy atom. The molecule has 0 bridgehead atoms. The molecule has 0 aliphatic carbocycles. The third-order valence-corrected chi connectivity index (χ3v) is 5.24. The summed E-state index contributed by atoms with van der Waals surface area (Å²) in [6.07, 6.45) is 1.15. The van der Waals surface area contributed by atoms with E-state index in [1.807, 2.05) is 6.92 Å². The van der Waals surface area contributed by atoms with E-state index in [1.54, 1.807) is 55.6 Å². The fraction of sp³-hybridized carbons (Fsp3) is 0.316. The number of nitrogens with one attached hydrogen (secondary N) is 1. The lowest BCUT2D eigenvalue weighted by Gasteiger charge is -2.23. The summed E-state index contributed by atoms with van der Waals surface area (Å²) in [6, 6.07) is 13.3. The molecule has 0 fully saturated rings. The van der Waals surface area contributed by atoms with Crippen LogP contribution >= 0.6 is 11.6 Å². The van der Waals surface area contributed by atoms with E-state index in [1.165, 1.54) is 4.31 Å². The standard InChI is InChI=1S/C19H23ClN2O4S/c1-14(13-26-2)21-19(23)16-6-10-18(11-7-16)22(27(3,24)25)12-15-4-8-17(20)9-5-15/h4-11,14H,12-13H2,1-3H3,(H,21,23)/t14-/m1/s1. The molecule has 1 atom stereocenters. The highest BCUT2D eigenvalue weighted by Gasteiger charge is 2.19. The van der Waals surface area contributed by atoms with Gasteiger partial charge in [-0.05, 0) is 48.9 Å². The molecule has 0 unspecified atom stereocenters. The minimum absolute atomic E-state index is 0.125. The first kappa shape index (κ1) is 21.2. The number of hydrogen-bond donors (Lipinski definition) is 1. The number of methoxy groups -OCH3 is 1. The maximum atomic E-state index is 12.2. The number of halogens is 1. The van der Waals surface area contributed by atoms with E-state index in [0.717, 1.165) is 11.8 Å². The zero-order valence-corrected chi connectivity index (χ0v) is 17.0. The largest absolute Gasteiger partial charge is 0.383 e. The number of hydrogen-bond acceptors (Lipinski definition) is 4. The van der Waals surface area contributed by atoms with Crippen LogP contribution in [-0.2, 0) is 21.3 Å². The Bertz CT molecular complexity index is 868. The third kappa shape index (κ3) is 6.23. The Balaban J connectivity index is 2.19. The SMILES string of the molecule is COC[C@@H](C)NC(=O)c1ccc(N(Cc2ccc(Cl)cc2)S(C)(=O)=O)cc1. The summed E-state index contributed by atoms with van der Waals surface area (Å²) < 4.78 is 30.8. The maximum absolute atomic E-state index is 12.2. The number of rotatable bonds is 8. The second kappa shape index (κ2) is 9.21. The first-order chi connectivity index (χ1) is 12.7. The molecule has 2 rings (SSSR count). The van der Waals surface area contributed by atoms with Crippen LogP contribution in [-0.4, -0.2) is 40.3 Å². The van der Waals surface area contributed by atoms with Gasteiger partial charge in [0, 0.05) is 23.7 Å². The molecule has 2 aromatic rings. The lowest BCUT2D eigenvalue weighted by atomic mass is 10.1. The molecule has 0 spiro atoms. The number of nitrogens with zero attached hydrogens (tertiary/aromatic N) is 1. The highest BCUT2D eigenvalue weighted by atomic mass is 35.5. The zero-order chi connectivity index (χ0) is 20.0. The van der Waals surface area contributed by atoms with Gasteiger partial charge in [-0.3, -0.25) is 9.10 Å². The van der Waals surface area contributed by atoms with E-state index in [9.17, 15) is 13.2 Å². The Morgan fingerprint density at radius 1 is 1.15 bits per heavy atom. The molecule has 6 nitrogen and oxygen atoms in total. The van der Waals surface area contributed by atoms with Gasteiger partial charge in [-0.15, -0.1) is 0 Å². The smallest absolute Gasteiger partial charge is 0.251 e. The highest BCUT2D eigenvalue weighted by molar-refractivity contribution is 7.92. The second-order valence-corrected chi connectivity index (χ2v) is 8.62. The van der Waals surface area contributed by atoms with Gasteiger partial charge in [0.25, 0.3) is 5.91 Å². The zero-order valence-electron chi connectivity index (χ0n) is 15.5. The fourth-order valence-electron chi connectivity index (χ4n) is 2.53. The van der Waals surface area contributed by atoms with E-state index < -0.39 is 10.0 Å². The van der Waals surface area contributed by atoms with Gasteiger partial charge >= 0.3 is 0 Å². The normalized spacial score (nSPS) is 12.4. The van der Waals surface area contributed by atoms with Crippen LogP contribution in [0.2, 0.25) is 5.02 Å². The van der Waals surface area contributed by atoms with Crippen LogP contribution in [0.15, 0.2) is 48.5 Å². The molecule has 0 heterocycles. The summed E-state index contributed by atoms with van der Waals surface area (Å²) in [5.74, 6) is -0.241. The number of anilines is 1. The molecule has 146 valence electrons. The lowest BCUT2D eigenvalue weighted by Crippen LogP contribution is -2.35. The van der Waals surface area contributed by atoms with Crippen molar-refractivity contribution in [3.05, 3.63) is 64.7 Å². The van der Waals surface area contributed by atoms with Gasteiger partial charge in [-0.1, -0.05) is 23.7 Å². The summed E-state index contributed by atoms with van der Waals surface area (Å²) in [7, 11) is -1.94. The summed E-state index contributed by atoms with van der Waals surface area (Å²) in [5, 5.41) is 3.40. The quantitative estimate of drug-likeness (QED) is 0.725. The predicted octanol–water partition coefficient (Wildman–Crippen LogP) is 3.07. The van der Waals surface area contributed by atoms with Crippen molar-refractivity contribution in [2.75, 3.05) is 24.3 Å². The van der Waals surface area contributed by atoms with Crippen LogP contribution in [0.4, 0.5) is 5.69 Å². The Labute approximate surface area is 165 Å². The van der Waals surface area contributed by atoms with Crippen molar-refractivity contribution in [1.82, 2.24) is 5.32 Å². The molecule has 0 saturated heterocycles. The van der Waals surface area contributed by atoms with Crippen molar-refractivity contribution in [1.29, 1.82) is 0 Å². The van der Waals surface area contributed by atoms with Crippen molar-refractivity contribution in [3.8, 4) is 0 Å². The number of carbonyl (C=O) groups excluding carboxylic acids is 1. The molecule has 1 amide bonds. The Kier molecular flexibility index (Phi) is 7.24. The highest BCUT2D eigenvalue weighted by Crippen LogP contribution is 2.22. The molecule has 2 aromatic carbocycles. The van der Waals surface area contributed by atoms with Gasteiger partial charge in [0.05, 0.1) is 25.1 Å². The van der Waals surface area contributed by atoms with E-state index in [2.05, 4.69) is 5.32 Å². The molecule has 0 aliphatic heterocycles. The maximum Gasteiger partial charge on any atom is 0.251 e. The molecule has 1 N–H and O–H groups in total. The topological polar surface area (TPSA) is 75.7 Å². The van der Waals surface area contributed by atoms with Gasteiger partial charge in [-0.25, -0.2) is 8.42 Å². The first-order valence-electron chi connectivity index (χ1n) is 8.32. The Morgan fingerprint density at radius 2 is 1.74 bits per heavy atom. The van der Waals surface area contributed by atoms with Crippen molar-refractivity contribution >= 4 is 33.2 Å². The van der Waals surface area contributed by atoms with E-state index in [4.69, 9.17) is 16.3 Å². The van der Waals surface area contributed by atoms with Crippen molar-refractivity contribution in [2.45, 2.75) is 19.5 Å². The molecule has 0 aliphatic rings. The summed E-state index contributed by atoms with van der Waals surface area (Å²) in [5.41, 5.74) is 1.73. The van der Waals surface area contributed by atoms with Crippen molar-refractivity contribution in [2.24, 2.45) is 0 Å². The minimum Gasteiger partial charge on any atom is -0.383 e. The summed E-state index contributed by atoms with van der Waals surface area (Å²) >= 11 is 5.88. The molecular formula is C19H23ClN2O4S. The number of benzene rings is 2. The fourth-order valence-corrected chi connectivity index (χ4v) is 3.55. The monoisotopic (exact) mass is 410 g/mol. The van der Waals surface area contributed by atoms with E-state index in [0.29, 0.717) is 22.9 Å². The molecular weight excluding hydrogens is 388 g/mol. The second-order valence-electron chi connectivity index (χ2n) is 6.27. The third-order valence-electron chi connectivity index (χ3n) is 3.85. The first-order valence-corrected chi connectivity index (χ1v) is 10.6. The van der Waals surface area contributed by atoms with E-state index >= 15 is 0 Å².